The molecule has 0 bridgehead atoms. The first kappa shape index (κ1) is 24.2. The summed E-state index contributed by atoms with van der Waals surface area (Å²) in [4.78, 5) is 62.9. The van der Waals surface area contributed by atoms with E-state index < -0.39 is 35.1 Å². The molecular formula is C23H18Br2N2O7. The largest absolute Gasteiger partial charge is 0.454 e. The summed E-state index contributed by atoms with van der Waals surface area (Å²) < 4.78 is 5.15. The summed E-state index contributed by atoms with van der Waals surface area (Å²) in [6.45, 7) is -0.655. The molecule has 2 aromatic carbocycles. The van der Waals surface area contributed by atoms with Crippen molar-refractivity contribution in [3.8, 4) is 0 Å². The van der Waals surface area contributed by atoms with Crippen molar-refractivity contribution in [3.05, 3.63) is 69.8 Å². The SMILES string of the molecule is O=C(COC(=O)c1ccccc1N1C(=O)[C@H]2C[C@@H](Br)[C@H](Br)C[C@H]2C1=O)c1cccc([N+](=O)[O-])c1. The summed E-state index contributed by atoms with van der Waals surface area (Å²) in [5, 5.41) is 10.9. The quantitative estimate of drug-likeness (QED) is 0.123. The third-order valence-corrected chi connectivity index (χ3v) is 8.72. The number of imide groups is 1. The van der Waals surface area contributed by atoms with Crippen molar-refractivity contribution in [1.82, 2.24) is 0 Å². The van der Waals surface area contributed by atoms with Crippen molar-refractivity contribution in [1.29, 1.82) is 0 Å². The zero-order valence-electron chi connectivity index (χ0n) is 17.6. The van der Waals surface area contributed by atoms with Gasteiger partial charge in [0.25, 0.3) is 5.69 Å². The van der Waals surface area contributed by atoms with Gasteiger partial charge in [-0.2, -0.15) is 0 Å². The van der Waals surface area contributed by atoms with Gasteiger partial charge in [-0.15, -0.1) is 0 Å². The average molecular weight is 594 g/mol. The summed E-state index contributed by atoms with van der Waals surface area (Å²) in [5.41, 5.74) is -0.151. The number of carbonyl (C=O) groups excluding carboxylic acids is 4. The van der Waals surface area contributed by atoms with E-state index in [1.807, 2.05) is 0 Å². The molecule has 2 aliphatic rings. The molecule has 0 N–H and O–H groups in total. The second kappa shape index (κ2) is 9.75. The average Bonchev–Trinajstić information content (AvgIpc) is 3.06. The number of amides is 2. The van der Waals surface area contributed by atoms with Gasteiger partial charge in [-0.05, 0) is 25.0 Å². The van der Waals surface area contributed by atoms with Gasteiger partial charge < -0.3 is 4.74 Å². The number of non-ortho nitro benzene ring substituents is 1. The normalized spacial score (nSPS) is 24.0. The molecule has 11 heteroatoms. The molecule has 1 aliphatic carbocycles. The Morgan fingerprint density at radius 2 is 1.62 bits per heavy atom. The Kier molecular flexibility index (Phi) is 6.94. The fourth-order valence-corrected chi connectivity index (χ4v) is 5.50. The van der Waals surface area contributed by atoms with E-state index >= 15 is 0 Å². The van der Waals surface area contributed by atoms with Crippen molar-refractivity contribution >= 4 is 66.8 Å². The molecule has 2 aromatic rings. The lowest BCUT2D eigenvalue weighted by molar-refractivity contribution is -0.384. The molecule has 34 heavy (non-hydrogen) atoms. The maximum atomic E-state index is 13.1. The molecular weight excluding hydrogens is 576 g/mol. The van der Waals surface area contributed by atoms with Crippen LogP contribution in [-0.2, 0) is 14.3 Å². The van der Waals surface area contributed by atoms with Crippen molar-refractivity contribution in [3.63, 3.8) is 0 Å². The third kappa shape index (κ3) is 4.54. The van der Waals surface area contributed by atoms with Crippen LogP contribution in [0.1, 0.15) is 33.6 Å². The van der Waals surface area contributed by atoms with Crippen LogP contribution in [0.4, 0.5) is 11.4 Å². The van der Waals surface area contributed by atoms with Gasteiger partial charge in [0.05, 0.1) is 28.0 Å². The van der Waals surface area contributed by atoms with Crippen LogP contribution >= 0.6 is 31.9 Å². The number of rotatable bonds is 6. The number of fused-ring (bicyclic) bond motifs is 1. The predicted molar refractivity (Wildman–Crippen MR) is 128 cm³/mol. The monoisotopic (exact) mass is 592 g/mol. The number of halogens is 2. The van der Waals surface area contributed by atoms with Crippen molar-refractivity contribution < 1.29 is 28.8 Å². The minimum absolute atomic E-state index is 0.0258. The molecule has 176 valence electrons. The molecule has 2 amide bonds. The highest BCUT2D eigenvalue weighted by Crippen LogP contribution is 2.44. The number of nitrogens with zero attached hydrogens (tertiary/aromatic N) is 2. The Labute approximate surface area is 210 Å². The molecule has 4 rings (SSSR count). The zero-order valence-corrected chi connectivity index (χ0v) is 20.7. The minimum atomic E-state index is -0.887. The Hall–Kier alpha value is -2.92. The Bertz CT molecular complexity index is 1170. The molecule has 2 fully saturated rings. The zero-order chi connectivity index (χ0) is 24.6. The fourth-order valence-electron chi connectivity index (χ4n) is 4.26. The number of nitro benzene ring substituents is 1. The van der Waals surface area contributed by atoms with E-state index in [1.165, 1.54) is 30.3 Å². The number of ketones is 1. The summed E-state index contributed by atoms with van der Waals surface area (Å²) in [6, 6.07) is 11.2. The van der Waals surface area contributed by atoms with E-state index in [1.54, 1.807) is 12.1 Å². The van der Waals surface area contributed by atoms with E-state index in [2.05, 4.69) is 31.9 Å². The number of para-hydroxylation sites is 1. The smallest absolute Gasteiger partial charge is 0.340 e. The number of benzene rings is 2. The van der Waals surface area contributed by atoms with Gasteiger partial charge in [0.1, 0.15) is 0 Å². The Morgan fingerprint density at radius 3 is 2.24 bits per heavy atom. The van der Waals surface area contributed by atoms with Gasteiger partial charge in [0.15, 0.2) is 6.61 Å². The van der Waals surface area contributed by atoms with Crippen molar-refractivity contribution in [2.24, 2.45) is 11.8 Å². The second-order valence-electron chi connectivity index (χ2n) is 8.05. The number of anilines is 1. The van der Waals surface area contributed by atoms with Gasteiger partial charge in [-0.3, -0.25) is 24.5 Å². The summed E-state index contributed by atoms with van der Waals surface area (Å²) in [5.74, 6) is -3.21. The van der Waals surface area contributed by atoms with Crippen LogP contribution in [0.5, 0.6) is 0 Å². The molecule has 0 aromatic heterocycles. The number of nitro groups is 1. The van der Waals surface area contributed by atoms with E-state index in [-0.39, 0.29) is 44.0 Å². The summed E-state index contributed by atoms with van der Waals surface area (Å²) in [6.07, 6.45) is 0.984. The van der Waals surface area contributed by atoms with Gasteiger partial charge in [0, 0.05) is 27.4 Å². The number of ether oxygens (including phenoxy) is 1. The molecule has 9 nitrogen and oxygen atoms in total. The van der Waals surface area contributed by atoms with E-state index in [0.29, 0.717) is 12.8 Å². The van der Waals surface area contributed by atoms with Crippen LogP contribution in [-0.4, -0.2) is 44.8 Å². The first-order valence-corrected chi connectivity index (χ1v) is 12.2. The van der Waals surface area contributed by atoms with Crippen LogP contribution in [0, 0.1) is 22.0 Å². The Morgan fingerprint density at radius 1 is 1.00 bits per heavy atom. The number of alkyl halides is 2. The van der Waals surface area contributed by atoms with Gasteiger partial charge in [-0.25, -0.2) is 9.69 Å². The highest BCUT2D eigenvalue weighted by Gasteiger charge is 2.52. The van der Waals surface area contributed by atoms with Crippen LogP contribution in [0.25, 0.3) is 0 Å². The standard InChI is InChI=1S/C23H18Br2N2O7/c24-17-9-15-16(10-18(17)25)22(30)26(21(15)29)19-7-2-1-6-14(19)23(31)34-11-20(28)12-4-3-5-13(8-12)27(32)33/h1-8,15-18H,9-11H2/t15-,16+,17-,18-/m1/s1. The van der Waals surface area contributed by atoms with Crippen molar-refractivity contribution in [2.45, 2.75) is 22.5 Å². The molecule has 0 radical (unpaired) electrons. The first-order chi connectivity index (χ1) is 16.2. The van der Waals surface area contributed by atoms with Crippen LogP contribution in [0.15, 0.2) is 48.5 Å². The first-order valence-electron chi connectivity index (χ1n) is 10.4. The maximum absolute atomic E-state index is 13.1. The van der Waals surface area contributed by atoms with Crippen molar-refractivity contribution in [2.75, 3.05) is 11.5 Å². The van der Waals surface area contributed by atoms with Crippen LogP contribution in [0.2, 0.25) is 0 Å². The van der Waals surface area contributed by atoms with Gasteiger partial charge >= 0.3 is 5.97 Å². The molecule has 1 saturated heterocycles. The Balaban J connectivity index is 1.52. The lowest BCUT2D eigenvalue weighted by Gasteiger charge is -2.29. The van der Waals surface area contributed by atoms with E-state index in [4.69, 9.17) is 4.74 Å². The number of carbonyl (C=O) groups is 4. The topological polar surface area (TPSA) is 124 Å². The second-order valence-corrected chi connectivity index (χ2v) is 10.4. The predicted octanol–water partition coefficient (Wildman–Crippen LogP) is 4.06. The molecule has 0 unspecified atom stereocenters. The highest BCUT2D eigenvalue weighted by atomic mass is 79.9. The summed E-state index contributed by atoms with van der Waals surface area (Å²) >= 11 is 7.09. The molecule has 1 heterocycles. The molecule has 4 atom stereocenters. The molecule has 1 aliphatic heterocycles. The van der Waals surface area contributed by atoms with E-state index in [0.717, 1.165) is 11.0 Å². The van der Waals surface area contributed by atoms with Crippen LogP contribution in [0.3, 0.4) is 0 Å². The summed E-state index contributed by atoms with van der Waals surface area (Å²) in [7, 11) is 0. The highest BCUT2D eigenvalue weighted by molar-refractivity contribution is 9.12. The van der Waals surface area contributed by atoms with E-state index in [9.17, 15) is 29.3 Å². The number of esters is 1. The molecule has 1 saturated carbocycles. The fraction of sp³-hybridized carbons (Fsp3) is 0.304. The number of hydrogen-bond donors (Lipinski definition) is 0. The van der Waals surface area contributed by atoms with Gasteiger partial charge in [0.2, 0.25) is 17.6 Å². The lowest BCUT2D eigenvalue weighted by Crippen LogP contribution is -2.34. The third-order valence-electron chi connectivity index (χ3n) is 5.99. The van der Waals surface area contributed by atoms with Crippen LogP contribution < -0.4 is 4.90 Å². The number of hydrogen-bond acceptors (Lipinski definition) is 7. The lowest BCUT2D eigenvalue weighted by atomic mass is 9.81. The van der Waals surface area contributed by atoms with Gasteiger partial charge in [-0.1, -0.05) is 56.1 Å². The molecule has 0 spiro atoms. The number of Topliss-reactive ketones (excluding diaryl/α,β-unsaturated/α-hetero) is 1. The minimum Gasteiger partial charge on any atom is -0.454 e. The maximum Gasteiger partial charge on any atom is 0.340 e.